The van der Waals surface area contributed by atoms with Gasteiger partial charge in [0.25, 0.3) is 5.91 Å². The molecule has 4 nitrogen and oxygen atoms in total. The Balaban J connectivity index is 1.81. The van der Waals surface area contributed by atoms with Crippen LogP contribution in [0, 0.1) is 11.8 Å². The lowest BCUT2D eigenvalue weighted by Crippen LogP contribution is -2.39. The summed E-state index contributed by atoms with van der Waals surface area (Å²) >= 11 is 3.42. The predicted octanol–water partition coefficient (Wildman–Crippen LogP) is 0.837. The topological polar surface area (TPSA) is 58.4 Å². The smallest absolute Gasteiger partial charge is 0.262 e. The Labute approximate surface area is 128 Å². The van der Waals surface area contributed by atoms with Gasteiger partial charge in [-0.25, -0.2) is 0 Å². The van der Waals surface area contributed by atoms with Crippen LogP contribution in [0.15, 0.2) is 11.4 Å². The maximum absolute atomic E-state index is 12.1. The Kier molecular flexibility index (Phi) is 6.40. The molecule has 108 valence electrons. The van der Waals surface area contributed by atoms with Crippen molar-refractivity contribution in [2.24, 2.45) is 5.73 Å². The summed E-state index contributed by atoms with van der Waals surface area (Å²) in [6.45, 7) is 4.15. The van der Waals surface area contributed by atoms with E-state index in [1.807, 2.05) is 23.2 Å². The minimum atomic E-state index is -0.0345. The van der Waals surface area contributed by atoms with E-state index in [-0.39, 0.29) is 5.91 Å². The Bertz CT molecular complexity index is 498. The van der Waals surface area contributed by atoms with Gasteiger partial charge < -0.3 is 11.1 Å². The molecule has 6 heteroatoms. The van der Waals surface area contributed by atoms with Crippen LogP contribution in [0.3, 0.4) is 0 Å². The highest BCUT2D eigenvalue weighted by Gasteiger charge is 2.13. The molecule has 1 fully saturated rings. The van der Waals surface area contributed by atoms with E-state index in [2.05, 4.69) is 22.1 Å². The number of carbonyl (C=O) groups excluding carboxylic acids is 1. The summed E-state index contributed by atoms with van der Waals surface area (Å²) in [6, 6.07) is 1.87. The molecule has 0 bridgehead atoms. The molecule has 1 aromatic heterocycles. The number of thiophene rings is 1. The summed E-state index contributed by atoms with van der Waals surface area (Å²) in [7, 11) is 0. The minimum Gasteiger partial charge on any atom is -0.350 e. The zero-order chi connectivity index (χ0) is 14.2. The van der Waals surface area contributed by atoms with Crippen LogP contribution in [0.5, 0.6) is 0 Å². The largest absolute Gasteiger partial charge is 0.350 e. The molecule has 3 N–H and O–H groups in total. The van der Waals surface area contributed by atoms with Gasteiger partial charge >= 0.3 is 0 Å². The molecule has 1 aliphatic heterocycles. The molecule has 0 radical (unpaired) electrons. The summed E-state index contributed by atoms with van der Waals surface area (Å²) in [6.07, 6.45) is 0. The summed E-state index contributed by atoms with van der Waals surface area (Å²) in [5.74, 6) is 8.07. The summed E-state index contributed by atoms with van der Waals surface area (Å²) in [4.78, 5) is 15.2. The molecule has 0 atom stereocenters. The molecule has 0 unspecified atom stereocenters. The van der Waals surface area contributed by atoms with Crippen molar-refractivity contribution in [3.63, 3.8) is 0 Å². The molecule has 2 rings (SSSR count). The molecule has 0 spiro atoms. The second kappa shape index (κ2) is 8.32. The van der Waals surface area contributed by atoms with Gasteiger partial charge in [-0.3, -0.25) is 9.69 Å². The van der Waals surface area contributed by atoms with Crippen molar-refractivity contribution < 1.29 is 4.79 Å². The van der Waals surface area contributed by atoms with Crippen LogP contribution in [-0.4, -0.2) is 55.0 Å². The van der Waals surface area contributed by atoms with Crippen LogP contribution in [0.2, 0.25) is 0 Å². The molecule has 0 aliphatic carbocycles. The van der Waals surface area contributed by atoms with E-state index in [0.29, 0.717) is 18.0 Å². The molecule has 1 aliphatic rings. The minimum absolute atomic E-state index is 0.0345. The van der Waals surface area contributed by atoms with E-state index < -0.39 is 0 Å². The SMILES string of the molecule is NCC#Cc1ccsc1C(=O)NCCN1CCSCC1. The lowest BCUT2D eigenvalue weighted by molar-refractivity contribution is 0.0953. The fourth-order valence-corrected chi connectivity index (χ4v) is 3.71. The van der Waals surface area contributed by atoms with E-state index in [1.54, 1.807) is 0 Å². The molecular weight excluding hydrogens is 290 g/mol. The maximum atomic E-state index is 12.1. The number of amides is 1. The highest BCUT2D eigenvalue weighted by atomic mass is 32.2. The maximum Gasteiger partial charge on any atom is 0.262 e. The number of carbonyl (C=O) groups is 1. The second-order valence-corrected chi connectivity index (χ2v) is 6.52. The van der Waals surface area contributed by atoms with Gasteiger partial charge in [-0.05, 0) is 11.4 Å². The first-order valence-corrected chi connectivity index (χ1v) is 8.69. The monoisotopic (exact) mass is 309 g/mol. The second-order valence-electron chi connectivity index (χ2n) is 4.38. The Hall–Kier alpha value is -1.00. The zero-order valence-corrected chi connectivity index (χ0v) is 13.0. The zero-order valence-electron chi connectivity index (χ0n) is 11.4. The van der Waals surface area contributed by atoms with Crippen molar-refractivity contribution in [3.05, 3.63) is 21.9 Å². The van der Waals surface area contributed by atoms with Crippen molar-refractivity contribution in [3.8, 4) is 11.8 Å². The quantitative estimate of drug-likeness (QED) is 0.809. The third-order valence-corrected chi connectivity index (χ3v) is 4.87. The van der Waals surface area contributed by atoms with Gasteiger partial charge in [0.15, 0.2) is 0 Å². The standard InChI is InChI=1S/C14H19N3OS2/c15-4-1-2-12-3-9-20-13(12)14(18)16-5-6-17-7-10-19-11-8-17/h3,9H,4-8,10-11,15H2,(H,16,18). The highest BCUT2D eigenvalue weighted by molar-refractivity contribution is 7.99. The van der Waals surface area contributed by atoms with Gasteiger partial charge in [0.2, 0.25) is 0 Å². The third-order valence-electron chi connectivity index (χ3n) is 3.01. The van der Waals surface area contributed by atoms with E-state index in [4.69, 9.17) is 5.73 Å². The molecule has 1 aromatic rings. The van der Waals surface area contributed by atoms with Gasteiger partial charge in [-0.15, -0.1) is 11.3 Å². The van der Waals surface area contributed by atoms with Gasteiger partial charge in [0.05, 0.1) is 6.54 Å². The number of nitrogens with one attached hydrogen (secondary N) is 1. The van der Waals surface area contributed by atoms with Gasteiger partial charge in [0.1, 0.15) is 4.88 Å². The lowest BCUT2D eigenvalue weighted by Gasteiger charge is -2.25. The first kappa shape index (κ1) is 15.4. The van der Waals surface area contributed by atoms with Crippen molar-refractivity contribution >= 4 is 29.0 Å². The average Bonchev–Trinajstić information content (AvgIpc) is 2.94. The van der Waals surface area contributed by atoms with Crippen molar-refractivity contribution in [1.82, 2.24) is 10.2 Å². The molecule has 20 heavy (non-hydrogen) atoms. The highest BCUT2D eigenvalue weighted by Crippen LogP contribution is 2.15. The number of hydrogen-bond acceptors (Lipinski definition) is 5. The van der Waals surface area contributed by atoms with Crippen molar-refractivity contribution in [2.45, 2.75) is 0 Å². The fraction of sp³-hybridized carbons (Fsp3) is 0.500. The van der Waals surface area contributed by atoms with Crippen LogP contribution >= 0.6 is 23.1 Å². The van der Waals surface area contributed by atoms with Crippen LogP contribution in [0.25, 0.3) is 0 Å². The normalized spacial score (nSPS) is 15.4. The molecule has 2 heterocycles. The van der Waals surface area contributed by atoms with Crippen LogP contribution in [0.1, 0.15) is 15.2 Å². The third kappa shape index (κ3) is 4.53. The van der Waals surface area contributed by atoms with Gasteiger partial charge in [-0.2, -0.15) is 11.8 Å². The summed E-state index contributed by atoms with van der Waals surface area (Å²) in [5.41, 5.74) is 6.13. The van der Waals surface area contributed by atoms with E-state index in [0.717, 1.165) is 25.2 Å². The van der Waals surface area contributed by atoms with Gasteiger partial charge in [0, 0.05) is 43.2 Å². The average molecular weight is 309 g/mol. The number of nitrogens with two attached hydrogens (primary N) is 1. The summed E-state index contributed by atoms with van der Waals surface area (Å²) in [5, 5.41) is 4.86. The number of rotatable bonds is 4. The predicted molar refractivity (Wildman–Crippen MR) is 86.3 cm³/mol. The Morgan fingerprint density at radius 2 is 2.25 bits per heavy atom. The molecular formula is C14H19N3OS2. The van der Waals surface area contributed by atoms with E-state index in [1.165, 1.54) is 22.8 Å². The van der Waals surface area contributed by atoms with Crippen LogP contribution in [-0.2, 0) is 0 Å². The Morgan fingerprint density at radius 3 is 3.00 bits per heavy atom. The fourth-order valence-electron chi connectivity index (χ4n) is 1.96. The van der Waals surface area contributed by atoms with Gasteiger partial charge in [-0.1, -0.05) is 11.8 Å². The number of thioether (sulfide) groups is 1. The Morgan fingerprint density at radius 1 is 1.45 bits per heavy atom. The molecule has 0 aromatic carbocycles. The van der Waals surface area contributed by atoms with Crippen molar-refractivity contribution in [2.75, 3.05) is 44.2 Å². The van der Waals surface area contributed by atoms with E-state index >= 15 is 0 Å². The number of hydrogen-bond donors (Lipinski definition) is 2. The van der Waals surface area contributed by atoms with Crippen LogP contribution < -0.4 is 11.1 Å². The lowest BCUT2D eigenvalue weighted by atomic mass is 10.2. The van der Waals surface area contributed by atoms with Crippen molar-refractivity contribution in [1.29, 1.82) is 0 Å². The molecule has 1 amide bonds. The van der Waals surface area contributed by atoms with Crippen LogP contribution in [0.4, 0.5) is 0 Å². The first-order valence-electron chi connectivity index (χ1n) is 6.66. The summed E-state index contributed by atoms with van der Waals surface area (Å²) < 4.78 is 0. The molecule has 1 saturated heterocycles. The number of nitrogens with zero attached hydrogens (tertiary/aromatic N) is 1. The first-order chi connectivity index (χ1) is 9.81. The van der Waals surface area contributed by atoms with E-state index in [9.17, 15) is 4.79 Å². The molecule has 0 saturated carbocycles.